The Balaban J connectivity index is 2.10. The Morgan fingerprint density at radius 3 is 2.60 bits per heavy atom. The van der Waals surface area contributed by atoms with E-state index >= 15 is 0 Å². The molecule has 0 bridgehead atoms. The lowest BCUT2D eigenvalue weighted by molar-refractivity contribution is -0.149. The first-order valence-corrected chi connectivity index (χ1v) is 5.44. The van der Waals surface area contributed by atoms with E-state index in [1.54, 1.807) is 0 Å². The van der Waals surface area contributed by atoms with Crippen LogP contribution in [0.2, 0.25) is 0 Å². The van der Waals surface area contributed by atoms with E-state index in [9.17, 15) is 9.59 Å². The van der Waals surface area contributed by atoms with Crippen LogP contribution in [0.25, 0.3) is 0 Å². The molecule has 84 valence electrons. The molecule has 0 unspecified atom stereocenters. The highest BCUT2D eigenvalue weighted by atomic mass is 16.5. The van der Waals surface area contributed by atoms with Gasteiger partial charge in [-0.15, -0.1) is 0 Å². The van der Waals surface area contributed by atoms with Gasteiger partial charge in [0.05, 0.1) is 12.5 Å². The minimum Gasteiger partial charge on any atom is -0.469 e. The molecule has 1 aliphatic carbocycles. The summed E-state index contributed by atoms with van der Waals surface area (Å²) in [5, 5.41) is 3.34. The Labute approximate surface area is 89.4 Å². The maximum Gasteiger partial charge on any atom is 0.313 e. The number of ether oxygens (including phenoxy) is 1. The van der Waals surface area contributed by atoms with Crippen molar-refractivity contribution in [3.05, 3.63) is 0 Å². The fraction of sp³-hybridized carbons (Fsp3) is 0.818. The van der Waals surface area contributed by atoms with Crippen LogP contribution in [0, 0.1) is 5.41 Å². The number of carbonyl (C=O) groups is 2. The third-order valence-corrected chi connectivity index (χ3v) is 3.50. The van der Waals surface area contributed by atoms with Gasteiger partial charge in [-0.2, -0.15) is 0 Å². The molecule has 0 aromatic carbocycles. The quantitative estimate of drug-likeness (QED) is 0.681. The van der Waals surface area contributed by atoms with Crippen LogP contribution in [-0.2, 0) is 14.3 Å². The van der Waals surface area contributed by atoms with E-state index in [-0.39, 0.29) is 23.8 Å². The van der Waals surface area contributed by atoms with Crippen molar-refractivity contribution in [3.8, 4) is 0 Å². The third kappa shape index (κ3) is 1.78. The van der Waals surface area contributed by atoms with E-state index in [0.717, 1.165) is 12.8 Å². The van der Waals surface area contributed by atoms with E-state index in [4.69, 9.17) is 4.74 Å². The van der Waals surface area contributed by atoms with Gasteiger partial charge in [0.1, 0.15) is 5.78 Å². The van der Waals surface area contributed by atoms with Crippen LogP contribution in [0.3, 0.4) is 0 Å². The molecule has 1 saturated carbocycles. The van der Waals surface area contributed by atoms with Crippen molar-refractivity contribution in [1.82, 2.24) is 5.32 Å². The number of Topliss-reactive ketones (excluding diaryl/α,β-unsaturated/α-hetero) is 1. The molecular formula is C11H17NO3. The van der Waals surface area contributed by atoms with Gasteiger partial charge < -0.3 is 10.1 Å². The molecule has 0 amide bonds. The predicted octanol–water partition coefficient (Wildman–Crippen LogP) is 0.649. The van der Waals surface area contributed by atoms with Crippen LogP contribution in [-0.4, -0.2) is 30.9 Å². The lowest BCUT2D eigenvalue weighted by Gasteiger charge is -2.32. The molecule has 0 spiro atoms. The van der Waals surface area contributed by atoms with Gasteiger partial charge in [0, 0.05) is 24.9 Å². The molecule has 1 N–H and O–H groups in total. The van der Waals surface area contributed by atoms with Gasteiger partial charge in [-0.25, -0.2) is 0 Å². The van der Waals surface area contributed by atoms with Crippen LogP contribution in [0.15, 0.2) is 0 Å². The van der Waals surface area contributed by atoms with Gasteiger partial charge in [-0.05, 0) is 19.8 Å². The van der Waals surface area contributed by atoms with Crippen LogP contribution in [0.5, 0.6) is 0 Å². The maximum atomic E-state index is 11.6. The molecule has 4 nitrogen and oxygen atoms in total. The molecule has 2 atom stereocenters. The summed E-state index contributed by atoms with van der Waals surface area (Å²) in [6.07, 6.45) is 2.74. The lowest BCUT2D eigenvalue weighted by Crippen LogP contribution is -2.51. The van der Waals surface area contributed by atoms with E-state index < -0.39 is 5.41 Å². The van der Waals surface area contributed by atoms with Crippen molar-refractivity contribution in [2.24, 2.45) is 5.41 Å². The number of carbonyl (C=O) groups excluding carboxylic acids is 2. The van der Waals surface area contributed by atoms with Gasteiger partial charge in [0.2, 0.25) is 0 Å². The van der Waals surface area contributed by atoms with E-state index in [0.29, 0.717) is 12.8 Å². The fourth-order valence-electron chi connectivity index (χ4n) is 2.50. The second-order valence-corrected chi connectivity index (χ2v) is 4.71. The first-order valence-electron chi connectivity index (χ1n) is 5.44. The Bertz CT molecular complexity index is 296. The summed E-state index contributed by atoms with van der Waals surface area (Å²) in [4.78, 5) is 23.1. The summed E-state index contributed by atoms with van der Waals surface area (Å²) in [6.45, 7) is 1.98. The molecule has 0 aromatic heterocycles. The number of piperidine rings is 1. The minimum absolute atomic E-state index is 0.0128. The predicted molar refractivity (Wildman–Crippen MR) is 54.3 cm³/mol. The smallest absolute Gasteiger partial charge is 0.313 e. The molecule has 1 saturated heterocycles. The zero-order valence-electron chi connectivity index (χ0n) is 9.21. The molecule has 15 heavy (non-hydrogen) atoms. The number of nitrogens with one attached hydrogen (secondary N) is 1. The van der Waals surface area contributed by atoms with Gasteiger partial charge in [-0.3, -0.25) is 9.59 Å². The van der Waals surface area contributed by atoms with Crippen LogP contribution < -0.4 is 5.32 Å². The molecule has 4 heteroatoms. The zero-order chi connectivity index (χ0) is 11.1. The van der Waals surface area contributed by atoms with Crippen molar-refractivity contribution in [2.45, 2.75) is 44.7 Å². The van der Waals surface area contributed by atoms with Crippen LogP contribution in [0.4, 0.5) is 0 Å². The van der Waals surface area contributed by atoms with Crippen molar-refractivity contribution >= 4 is 11.8 Å². The van der Waals surface area contributed by atoms with E-state index in [2.05, 4.69) is 5.32 Å². The van der Waals surface area contributed by atoms with Crippen molar-refractivity contribution in [1.29, 1.82) is 0 Å². The van der Waals surface area contributed by atoms with Crippen molar-refractivity contribution in [2.75, 3.05) is 7.11 Å². The summed E-state index contributed by atoms with van der Waals surface area (Å²) < 4.78 is 4.81. The van der Waals surface area contributed by atoms with E-state index in [1.165, 1.54) is 7.11 Å². The minimum atomic E-state index is -0.404. The molecule has 2 aliphatic rings. The van der Waals surface area contributed by atoms with Gasteiger partial charge in [-0.1, -0.05) is 0 Å². The number of ketones is 1. The fourth-order valence-corrected chi connectivity index (χ4v) is 2.50. The maximum absolute atomic E-state index is 11.6. The number of hydrogen-bond acceptors (Lipinski definition) is 4. The highest BCUT2D eigenvalue weighted by Gasteiger charge is 2.58. The number of esters is 1. The van der Waals surface area contributed by atoms with Crippen LogP contribution in [0.1, 0.15) is 32.6 Å². The summed E-state index contributed by atoms with van der Waals surface area (Å²) >= 11 is 0. The molecule has 0 radical (unpaired) electrons. The summed E-state index contributed by atoms with van der Waals surface area (Å²) in [7, 11) is 1.41. The second-order valence-electron chi connectivity index (χ2n) is 4.71. The summed E-state index contributed by atoms with van der Waals surface area (Å²) in [5.74, 6) is 0.0864. The standard InChI is InChI=1S/C11H17NO3/c1-7-5-8(13)6-9(12-7)11(3-4-11)10(14)15-2/h7,9,12H,3-6H2,1-2H3/t7-,9-/m0/s1. The first kappa shape index (κ1) is 10.6. The largest absolute Gasteiger partial charge is 0.469 e. The summed E-state index contributed by atoms with van der Waals surface area (Å²) in [6, 6.07) is 0.166. The Hall–Kier alpha value is -0.900. The molecule has 1 aliphatic heterocycles. The molecule has 2 rings (SSSR count). The molecular weight excluding hydrogens is 194 g/mol. The highest BCUT2D eigenvalue weighted by Crippen LogP contribution is 2.51. The third-order valence-electron chi connectivity index (χ3n) is 3.50. The normalized spacial score (nSPS) is 33.6. The van der Waals surface area contributed by atoms with E-state index in [1.807, 2.05) is 6.92 Å². The SMILES string of the molecule is COC(=O)C1([C@@H]2CC(=O)C[C@H](C)N2)CC1. The number of hydrogen-bond donors (Lipinski definition) is 1. The van der Waals surface area contributed by atoms with Crippen molar-refractivity contribution < 1.29 is 14.3 Å². The van der Waals surface area contributed by atoms with Gasteiger partial charge >= 0.3 is 5.97 Å². The molecule has 2 fully saturated rings. The average molecular weight is 211 g/mol. The van der Waals surface area contributed by atoms with Crippen molar-refractivity contribution in [3.63, 3.8) is 0 Å². The lowest BCUT2D eigenvalue weighted by atomic mass is 9.86. The molecule has 0 aromatic rings. The zero-order valence-corrected chi connectivity index (χ0v) is 9.21. The van der Waals surface area contributed by atoms with Gasteiger partial charge in [0.15, 0.2) is 0 Å². The van der Waals surface area contributed by atoms with Crippen LogP contribution >= 0.6 is 0 Å². The number of rotatable bonds is 2. The van der Waals surface area contributed by atoms with Gasteiger partial charge in [0.25, 0.3) is 0 Å². The average Bonchev–Trinajstić information content (AvgIpc) is 2.96. The Kier molecular flexibility index (Phi) is 2.54. The second kappa shape index (κ2) is 3.59. The monoisotopic (exact) mass is 211 g/mol. The molecule has 1 heterocycles. The summed E-state index contributed by atoms with van der Waals surface area (Å²) in [5.41, 5.74) is -0.404. The highest BCUT2D eigenvalue weighted by molar-refractivity contribution is 5.85. The first-order chi connectivity index (χ1) is 7.08. The topological polar surface area (TPSA) is 55.4 Å². The number of methoxy groups -OCH3 is 1. The Morgan fingerprint density at radius 2 is 2.13 bits per heavy atom. The Morgan fingerprint density at radius 1 is 1.47 bits per heavy atom.